The van der Waals surface area contributed by atoms with Gasteiger partial charge >= 0.3 is 5.97 Å². The van der Waals surface area contributed by atoms with Crippen LogP contribution in [0, 0.1) is 5.92 Å². The van der Waals surface area contributed by atoms with E-state index < -0.39 is 5.97 Å². The molecule has 0 heterocycles. The summed E-state index contributed by atoms with van der Waals surface area (Å²) >= 11 is 0. The Kier molecular flexibility index (Phi) is 3.95. The zero-order chi connectivity index (χ0) is 8.85. The fourth-order valence-electron chi connectivity index (χ4n) is 0.322. The van der Waals surface area contributed by atoms with Crippen molar-refractivity contribution in [2.24, 2.45) is 5.92 Å². The first kappa shape index (κ1) is 9.68. The lowest BCUT2D eigenvalue weighted by Gasteiger charge is -2.05. The largest absolute Gasteiger partial charge is 0.341 e. The van der Waals surface area contributed by atoms with Crippen LogP contribution in [-0.4, -0.2) is 11.9 Å². The fourth-order valence-corrected chi connectivity index (χ4v) is 0.322. The lowest BCUT2D eigenvalue weighted by Crippen LogP contribution is -2.29. The Hall–Kier alpha value is -1.32. The minimum Gasteiger partial charge on any atom is -0.341 e. The summed E-state index contributed by atoms with van der Waals surface area (Å²) in [5, 5.41) is 0. The number of amides is 1. The van der Waals surface area contributed by atoms with Crippen LogP contribution in [0.15, 0.2) is 12.7 Å². The van der Waals surface area contributed by atoms with Crippen LogP contribution in [0.5, 0.6) is 0 Å². The van der Waals surface area contributed by atoms with Crippen LogP contribution < -0.4 is 5.48 Å². The Labute approximate surface area is 65.2 Å². The topological polar surface area (TPSA) is 55.4 Å². The van der Waals surface area contributed by atoms with Crippen molar-refractivity contribution < 1.29 is 14.4 Å². The molecule has 0 aliphatic carbocycles. The van der Waals surface area contributed by atoms with Crippen LogP contribution in [-0.2, 0) is 14.4 Å². The first-order valence-corrected chi connectivity index (χ1v) is 3.17. The van der Waals surface area contributed by atoms with Gasteiger partial charge < -0.3 is 4.84 Å². The maximum atomic E-state index is 10.8. The highest BCUT2D eigenvalue weighted by atomic mass is 16.7. The quantitative estimate of drug-likeness (QED) is 0.466. The molecule has 1 unspecified atom stereocenters. The van der Waals surface area contributed by atoms with Crippen molar-refractivity contribution in [3.05, 3.63) is 12.7 Å². The minimum absolute atomic E-state index is 0.352. The smallest absolute Gasteiger partial charge is 0.329 e. The third-order valence-electron chi connectivity index (χ3n) is 1.06. The van der Waals surface area contributed by atoms with Crippen LogP contribution in [0.25, 0.3) is 0 Å². The average molecular weight is 157 g/mol. The number of nitrogens with one attached hydrogen (secondary N) is 1. The van der Waals surface area contributed by atoms with Gasteiger partial charge in [-0.3, -0.25) is 9.59 Å². The minimum atomic E-state index is -0.547. The van der Waals surface area contributed by atoms with E-state index in [2.05, 4.69) is 11.4 Å². The van der Waals surface area contributed by atoms with Gasteiger partial charge in [0.15, 0.2) is 0 Å². The summed E-state index contributed by atoms with van der Waals surface area (Å²) in [4.78, 5) is 25.3. The summed E-state index contributed by atoms with van der Waals surface area (Å²) < 4.78 is 0. The van der Waals surface area contributed by atoms with E-state index in [9.17, 15) is 9.59 Å². The molecule has 0 aromatic rings. The highest BCUT2D eigenvalue weighted by molar-refractivity contribution is 5.80. The number of carbonyl (C=O) groups is 2. The Morgan fingerprint density at radius 1 is 1.64 bits per heavy atom. The van der Waals surface area contributed by atoms with E-state index >= 15 is 0 Å². The average Bonchev–Trinajstić information content (AvgIpc) is 1.98. The summed E-state index contributed by atoms with van der Waals surface area (Å²) in [6, 6.07) is 0. The molecule has 0 radical (unpaired) electrons. The zero-order valence-corrected chi connectivity index (χ0v) is 6.59. The molecule has 11 heavy (non-hydrogen) atoms. The highest BCUT2D eigenvalue weighted by Gasteiger charge is 2.08. The summed E-state index contributed by atoms with van der Waals surface area (Å²) in [6.07, 6.45) is 1.46. The number of hydroxylamine groups is 1. The summed E-state index contributed by atoms with van der Waals surface area (Å²) in [7, 11) is 0. The molecular weight excluding hydrogens is 146 g/mol. The predicted octanol–water partition coefficient (Wildman–Crippen LogP) is 0.403. The van der Waals surface area contributed by atoms with Gasteiger partial charge in [-0.1, -0.05) is 6.08 Å². The molecule has 0 spiro atoms. The maximum absolute atomic E-state index is 10.8. The van der Waals surface area contributed by atoms with Crippen LogP contribution in [0.2, 0.25) is 0 Å². The Morgan fingerprint density at radius 3 is 2.55 bits per heavy atom. The van der Waals surface area contributed by atoms with E-state index in [1.165, 1.54) is 13.0 Å². The van der Waals surface area contributed by atoms with Gasteiger partial charge in [0.05, 0.1) is 5.92 Å². The van der Waals surface area contributed by atoms with Crippen LogP contribution in [0.4, 0.5) is 0 Å². The second kappa shape index (κ2) is 4.49. The number of carbonyl (C=O) groups excluding carboxylic acids is 2. The van der Waals surface area contributed by atoms with Gasteiger partial charge in [-0.2, -0.15) is 5.48 Å². The van der Waals surface area contributed by atoms with Crippen molar-refractivity contribution in [1.82, 2.24) is 5.48 Å². The van der Waals surface area contributed by atoms with E-state index in [4.69, 9.17) is 0 Å². The van der Waals surface area contributed by atoms with E-state index in [1.807, 2.05) is 5.48 Å². The molecule has 4 heteroatoms. The molecule has 0 saturated heterocycles. The second-order valence-corrected chi connectivity index (χ2v) is 2.08. The maximum Gasteiger partial charge on any atom is 0.329 e. The normalized spacial score (nSPS) is 11.5. The third-order valence-corrected chi connectivity index (χ3v) is 1.06. The SMILES string of the molecule is C=CC(C)C(=O)NOC(C)=O. The Morgan fingerprint density at radius 2 is 2.18 bits per heavy atom. The molecule has 62 valence electrons. The molecule has 0 aliphatic heterocycles. The van der Waals surface area contributed by atoms with Gasteiger partial charge in [0.2, 0.25) is 0 Å². The lowest BCUT2D eigenvalue weighted by atomic mass is 10.2. The summed E-state index contributed by atoms with van der Waals surface area (Å²) in [6.45, 7) is 6.26. The van der Waals surface area contributed by atoms with Crippen LogP contribution in [0.1, 0.15) is 13.8 Å². The molecule has 0 aromatic heterocycles. The van der Waals surface area contributed by atoms with Crippen LogP contribution >= 0.6 is 0 Å². The molecule has 1 atom stereocenters. The standard InChI is InChI=1S/C7H11NO3/c1-4-5(2)7(10)8-11-6(3)9/h4-5H,1H2,2-3H3,(H,8,10). The molecule has 0 fully saturated rings. The van der Waals surface area contributed by atoms with Gasteiger partial charge in [-0.25, -0.2) is 0 Å². The highest BCUT2D eigenvalue weighted by Crippen LogP contribution is 1.93. The molecule has 0 rings (SSSR count). The first-order chi connectivity index (χ1) is 5.07. The Balaban J connectivity index is 3.69. The molecule has 0 aliphatic rings. The van der Waals surface area contributed by atoms with Gasteiger partial charge in [0.25, 0.3) is 5.91 Å². The predicted molar refractivity (Wildman–Crippen MR) is 39.3 cm³/mol. The number of rotatable bonds is 2. The molecule has 0 bridgehead atoms. The van der Waals surface area contributed by atoms with Gasteiger partial charge in [0.1, 0.15) is 0 Å². The van der Waals surface area contributed by atoms with Crippen molar-refractivity contribution in [2.45, 2.75) is 13.8 Å². The second-order valence-electron chi connectivity index (χ2n) is 2.08. The molecular formula is C7H11NO3. The number of hydrogen-bond donors (Lipinski definition) is 1. The van der Waals surface area contributed by atoms with E-state index in [-0.39, 0.29) is 11.8 Å². The summed E-state index contributed by atoms with van der Waals surface area (Å²) in [5.41, 5.74) is 1.97. The van der Waals surface area contributed by atoms with Gasteiger partial charge in [0, 0.05) is 6.92 Å². The lowest BCUT2D eigenvalue weighted by molar-refractivity contribution is -0.156. The molecule has 0 aromatic carbocycles. The molecule has 4 nitrogen and oxygen atoms in total. The van der Waals surface area contributed by atoms with Crippen molar-refractivity contribution in [3.63, 3.8) is 0 Å². The van der Waals surface area contributed by atoms with E-state index in [0.717, 1.165) is 0 Å². The van der Waals surface area contributed by atoms with Gasteiger partial charge in [-0.15, -0.1) is 6.58 Å². The van der Waals surface area contributed by atoms with E-state index in [0.29, 0.717) is 0 Å². The first-order valence-electron chi connectivity index (χ1n) is 3.17. The third kappa shape index (κ3) is 4.13. The van der Waals surface area contributed by atoms with Crippen LogP contribution in [0.3, 0.4) is 0 Å². The van der Waals surface area contributed by atoms with Gasteiger partial charge in [-0.05, 0) is 6.92 Å². The monoisotopic (exact) mass is 157 g/mol. The van der Waals surface area contributed by atoms with Crippen molar-refractivity contribution in [2.75, 3.05) is 0 Å². The summed E-state index contributed by atoms with van der Waals surface area (Å²) in [5.74, 6) is -1.28. The Bertz CT molecular complexity index is 177. The van der Waals surface area contributed by atoms with E-state index in [1.54, 1.807) is 6.92 Å². The van der Waals surface area contributed by atoms with Crippen molar-refractivity contribution in [3.8, 4) is 0 Å². The van der Waals surface area contributed by atoms with Crippen molar-refractivity contribution in [1.29, 1.82) is 0 Å². The zero-order valence-electron chi connectivity index (χ0n) is 6.59. The number of hydrogen-bond acceptors (Lipinski definition) is 3. The molecule has 1 amide bonds. The molecule has 1 N–H and O–H groups in total. The molecule has 0 saturated carbocycles. The fraction of sp³-hybridized carbons (Fsp3) is 0.429. The van der Waals surface area contributed by atoms with Crippen molar-refractivity contribution >= 4 is 11.9 Å².